The fraction of sp³-hybridized carbons (Fsp3) is 0.385. The van der Waals surface area contributed by atoms with Crippen LogP contribution >= 0.6 is 0 Å². The Kier molecular flexibility index (Phi) is 2.06. The van der Waals surface area contributed by atoms with Crippen molar-refractivity contribution in [1.29, 1.82) is 0 Å². The van der Waals surface area contributed by atoms with Crippen LogP contribution < -0.4 is 5.46 Å². The molecule has 0 amide bonds. The van der Waals surface area contributed by atoms with Gasteiger partial charge in [-0.25, -0.2) is 0 Å². The average Bonchev–Trinajstić information content (AvgIpc) is 2.44. The van der Waals surface area contributed by atoms with Crippen LogP contribution in [-0.4, -0.2) is 7.28 Å². The van der Waals surface area contributed by atoms with Crippen molar-refractivity contribution in [2.45, 2.75) is 27.7 Å². The van der Waals surface area contributed by atoms with E-state index in [2.05, 4.69) is 52.0 Å². The Morgan fingerprint density at radius 1 is 1.07 bits per heavy atom. The van der Waals surface area contributed by atoms with Gasteiger partial charge in [0.2, 0.25) is 0 Å². The molecule has 0 spiro atoms. The standard InChI is InChI=1S/C13H17B/c1-9-10-7-5-6-8-11(10)14-12(9)13(2,3)4/h5-8,14H,1-4H3. The first-order valence-electron chi connectivity index (χ1n) is 5.28. The van der Waals surface area contributed by atoms with E-state index in [0.717, 1.165) is 7.28 Å². The Morgan fingerprint density at radius 2 is 1.71 bits per heavy atom. The molecule has 0 aromatic heterocycles. The summed E-state index contributed by atoms with van der Waals surface area (Å²) in [5, 5.41) is 0. The van der Waals surface area contributed by atoms with E-state index < -0.39 is 0 Å². The van der Waals surface area contributed by atoms with Gasteiger partial charge in [-0.2, -0.15) is 0 Å². The summed E-state index contributed by atoms with van der Waals surface area (Å²) >= 11 is 0. The van der Waals surface area contributed by atoms with Gasteiger partial charge in [0.15, 0.2) is 7.28 Å². The summed E-state index contributed by atoms with van der Waals surface area (Å²) in [4.78, 5) is 0. The first kappa shape index (κ1) is 9.58. The van der Waals surface area contributed by atoms with E-state index in [4.69, 9.17) is 0 Å². The van der Waals surface area contributed by atoms with E-state index in [0.29, 0.717) is 5.41 Å². The summed E-state index contributed by atoms with van der Waals surface area (Å²) in [6.07, 6.45) is 0. The monoisotopic (exact) mass is 184 g/mol. The summed E-state index contributed by atoms with van der Waals surface area (Å²) in [5.41, 5.74) is 6.35. The molecule has 14 heavy (non-hydrogen) atoms. The molecule has 0 radical (unpaired) electrons. The van der Waals surface area contributed by atoms with E-state index in [1.165, 1.54) is 16.6 Å². The van der Waals surface area contributed by atoms with Gasteiger partial charge < -0.3 is 0 Å². The molecule has 0 N–H and O–H groups in total. The lowest BCUT2D eigenvalue weighted by Gasteiger charge is -2.21. The summed E-state index contributed by atoms with van der Waals surface area (Å²) in [6.45, 7) is 9.17. The van der Waals surface area contributed by atoms with Gasteiger partial charge in [0.05, 0.1) is 0 Å². The first-order valence-corrected chi connectivity index (χ1v) is 5.28. The number of allylic oxidation sites excluding steroid dienone is 2. The third-order valence-electron chi connectivity index (χ3n) is 3.15. The SMILES string of the molecule is CC1=C(C(C)(C)C)Bc2ccccc21. The van der Waals surface area contributed by atoms with Crippen molar-refractivity contribution < 1.29 is 0 Å². The zero-order chi connectivity index (χ0) is 10.3. The summed E-state index contributed by atoms with van der Waals surface area (Å²) in [5.74, 6) is 0. The highest BCUT2D eigenvalue weighted by atomic mass is 14.2. The molecule has 0 fully saturated rings. The van der Waals surface area contributed by atoms with Gasteiger partial charge in [-0.3, -0.25) is 0 Å². The van der Waals surface area contributed by atoms with Crippen LogP contribution in [0.4, 0.5) is 0 Å². The van der Waals surface area contributed by atoms with Crippen molar-refractivity contribution >= 4 is 18.3 Å². The minimum absolute atomic E-state index is 0.309. The molecule has 0 atom stereocenters. The predicted octanol–water partition coefficient (Wildman–Crippen LogP) is 2.54. The molecule has 1 aliphatic heterocycles. The summed E-state index contributed by atoms with van der Waals surface area (Å²) in [7, 11) is 1.14. The van der Waals surface area contributed by atoms with E-state index in [1.54, 1.807) is 5.47 Å². The molecule has 0 bridgehead atoms. The van der Waals surface area contributed by atoms with E-state index >= 15 is 0 Å². The molecule has 0 nitrogen and oxygen atoms in total. The number of benzene rings is 1. The van der Waals surface area contributed by atoms with Crippen LogP contribution in [0.15, 0.2) is 29.7 Å². The molecular weight excluding hydrogens is 167 g/mol. The molecule has 2 rings (SSSR count). The molecule has 1 heteroatoms. The minimum atomic E-state index is 0.309. The second-order valence-corrected chi connectivity index (χ2v) is 5.19. The van der Waals surface area contributed by atoms with Crippen molar-refractivity contribution in [2.24, 2.45) is 5.41 Å². The van der Waals surface area contributed by atoms with Crippen LogP contribution in [-0.2, 0) is 0 Å². The molecular formula is C13H17B. The third kappa shape index (κ3) is 1.41. The number of hydrogen-bond acceptors (Lipinski definition) is 0. The lowest BCUT2D eigenvalue weighted by molar-refractivity contribution is 0.531. The van der Waals surface area contributed by atoms with Crippen molar-refractivity contribution in [1.82, 2.24) is 0 Å². The second kappa shape index (κ2) is 3.01. The maximum absolute atomic E-state index is 2.30. The van der Waals surface area contributed by atoms with Gasteiger partial charge >= 0.3 is 0 Å². The lowest BCUT2D eigenvalue weighted by atomic mass is 9.58. The van der Waals surface area contributed by atoms with Crippen molar-refractivity contribution in [2.75, 3.05) is 0 Å². The Hall–Kier alpha value is -0.975. The van der Waals surface area contributed by atoms with E-state index in [-0.39, 0.29) is 0 Å². The van der Waals surface area contributed by atoms with Crippen molar-refractivity contribution in [3.8, 4) is 0 Å². The zero-order valence-corrected chi connectivity index (χ0v) is 9.52. The Labute approximate surface area is 87.3 Å². The highest BCUT2D eigenvalue weighted by molar-refractivity contribution is 6.66. The van der Waals surface area contributed by atoms with Gasteiger partial charge in [-0.1, -0.05) is 61.5 Å². The molecule has 0 saturated heterocycles. The van der Waals surface area contributed by atoms with Gasteiger partial charge in [-0.05, 0) is 17.9 Å². The number of hydrogen-bond donors (Lipinski definition) is 0. The second-order valence-electron chi connectivity index (χ2n) is 5.19. The average molecular weight is 184 g/mol. The maximum atomic E-state index is 2.30. The third-order valence-corrected chi connectivity index (χ3v) is 3.15. The number of fused-ring (bicyclic) bond motifs is 1. The van der Waals surface area contributed by atoms with Gasteiger partial charge in [0.1, 0.15) is 0 Å². The minimum Gasteiger partial charge on any atom is -0.0910 e. The highest BCUT2D eigenvalue weighted by Gasteiger charge is 2.27. The number of rotatable bonds is 0. The van der Waals surface area contributed by atoms with Crippen LogP contribution in [0.5, 0.6) is 0 Å². The van der Waals surface area contributed by atoms with Crippen LogP contribution in [0, 0.1) is 5.41 Å². The lowest BCUT2D eigenvalue weighted by Crippen LogP contribution is -2.20. The van der Waals surface area contributed by atoms with Gasteiger partial charge in [0.25, 0.3) is 0 Å². The molecule has 0 aliphatic carbocycles. The molecule has 72 valence electrons. The molecule has 1 aromatic rings. The van der Waals surface area contributed by atoms with Crippen LogP contribution in [0.25, 0.3) is 5.57 Å². The highest BCUT2D eigenvalue weighted by Crippen LogP contribution is 2.34. The molecule has 1 aromatic carbocycles. The Bertz CT molecular complexity index is 394. The molecule has 1 heterocycles. The van der Waals surface area contributed by atoms with Gasteiger partial charge in [-0.15, -0.1) is 0 Å². The smallest absolute Gasteiger partial charge is 0.0910 e. The summed E-state index contributed by atoms with van der Waals surface area (Å²) in [6, 6.07) is 8.76. The molecule has 1 aliphatic rings. The van der Waals surface area contributed by atoms with Gasteiger partial charge in [0, 0.05) is 0 Å². The van der Waals surface area contributed by atoms with Crippen LogP contribution in [0.3, 0.4) is 0 Å². The quantitative estimate of drug-likeness (QED) is 0.543. The first-order chi connectivity index (χ1) is 6.50. The zero-order valence-electron chi connectivity index (χ0n) is 9.52. The van der Waals surface area contributed by atoms with Crippen LogP contribution in [0.1, 0.15) is 33.3 Å². The fourth-order valence-electron chi connectivity index (χ4n) is 2.35. The molecule has 0 unspecified atom stereocenters. The largest absolute Gasteiger partial charge is 0.188 e. The maximum Gasteiger partial charge on any atom is 0.188 e. The molecule has 0 saturated carbocycles. The fourth-order valence-corrected chi connectivity index (χ4v) is 2.35. The normalized spacial score (nSPS) is 15.4. The van der Waals surface area contributed by atoms with Crippen molar-refractivity contribution in [3.63, 3.8) is 0 Å². The summed E-state index contributed by atoms with van der Waals surface area (Å²) < 4.78 is 0. The topological polar surface area (TPSA) is 0 Å². The van der Waals surface area contributed by atoms with Crippen LogP contribution in [0.2, 0.25) is 0 Å². The Morgan fingerprint density at radius 3 is 2.29 bits per heavy atom. The van der Waals surface area contributed by atoms with E-state index in [1.807, 2.05) is 0 Å². The van der Waals surface area contributed by atoms with E-state index in [9.17, 15) is 0 Å². The predicted molar refractivity (Wildman–Crippen MR) is 65.3 cm³/mol. The van der Waals surface area contributed by atoms with Crippen molar-refractivity contribution in [3.05, 3.63) is 35.3 Å². The Balaban J connectivity index is 2.50.